The van der Waals surface area contributed by atoms with Crippen LogP contribution >= 0.6 is 23.3 Å². The molecule has 0 spiro atoms. The van der Waals surface area contributed by atoms with E-state index in [9.17, 15) is 14.9 Å². The molecule has 0 aliphatic carbocycles. The van der Waals surface area contributed by atoms with Crippen molar-refractivity contribution in [3.63, 3.8) is 0 Å². The fourth-order valence-electron chi connectivity index (χ4n) is 2.21. The molecule has 2 aromatic carbocycles. The second-order valence-electron chi connectivity index (χ2n) is 5.25. The number of rotatable bonds is 3. The van der Waals surface area contributed by atoms with E-state index in [2.05, 4.69) is 4.37 Å². The van der Waals surface area contributed by atoms with Gasteiger partial charge >= 0.3 is 0 Å². The van der Waals surface area contributed by atoms with Gasteiger partial charge in [0.1, 0.15) is 0 Å². The molecule has 0 bridgehead atoms. The smallest absolute Gasteiger partial charge is 0.285 e. The first-order chi connectivity index (χ1) is 11.5. The lowest BCUT2D eigenvalue weighted by molar-refractivity contribution is -0.384. The van der Waals surface area contributed by atoms with Gasteiger partial charge in [0.2, 0.25) is 0 Å². The molecule has 0 aliphatic heterocycles. The molecule has 0 atom stereocenters. The SMILES string of the molecule is CN(C)C(=O)Sc1ccc2cnsc2c1-c1ccc([N+](=O)[O-])cc1. The number of benzene rings is 2. The maximum Gasteiger partial charge on any atom is 0.285 e. The number of carbonyl (C=O) groups excluding carboxylic acids is 1. The number of nitro groups is 1. The molecular weight excluding hydrogens is 346 g/mol. The van der Waals surface area contributed by atoms with Gasteiger partial charge in [-0.05, 0) is 47.1 Å². The molecular formula is C16H13N3O3S2. The summed E-state index contributed by atoms with van der Waals surface area (Å²) in [4.78, 5) is 24.8. The van der Waals surface area contributed by atoms with Crippen molar-refractivity contribution in [2.45, 2.75) is 4.90 Å². The summed E-state index contributed by atoms with van der Waals surface area (Å²) in [6, 6.07) is 10.2. The van der Waals surface area contributed by atoms with Crippen LogP contribution in [0.2, 0.25) is 0 Å². The number of nitrogens with zero attached hydrogens (tertiary/aromatic N) is 3. The average molecular weight is 359 g/mol. The summed E-state index contributed by atoms with van der Waals surface area (Å²) in [7, 11) is 3.40. The van der Waals surface area contributed by atoms with Crippen LogP contribution in [0.4, 0.5) is 10.5 Å². The molecule has 1 heterocycles. The standard InChI is InChI=1S/C16H13N3O3S2/c1-18(2)16(20)23-13-8-5-11-9-17-24-15(11)14(13)10-3-6-12(7-4-10)19(21)22/h3-9H,1-2H3. The number of non-ortho nitro benzene ring substituents is 1. The van der Waals surface area contributed by atoms with Crippen LogP contribution in [0.1, 0.15) is 0 Å². The van der Waals surface area contributed by atoms with Crippen molar-refractivity contribution in [1.29, 1.82) is 0 Å². The van der Waals surface area contributed by atoms with E-state index < -0.39 is 4.92 Å². The Morgan fingerprint density at radius 1 is 1.21 bits per heavy atom. The molecule has 1 aromatic heterocycles. The van der Waals surface area contributed by atoms with E-state index in [1.807, 2.05) is 12.1 Å². The summed E-state index contributed by atoms with van der Waals surface area (Å²) in [5.41, 5.74) is 1.74. The maximum atomic E-state index is 12.1. The molecule has 122 valence electrons. The highest BCUT2D eigenvalue weighted by molar-refractivity contribution is 8.13. The molecule has 0 aliphatic rings. The maximum absolute atomic E-state index is 12.1. The first-order valence-electron chi connectivity index (χ1n) is 6.98. The van der Waals surface area contributed by atoms with Crippen molar-refractivity contribution in [3.05, 3.63) is 52.7 Å². The largest absolute Gasteiger partial charge is 0.339 e. The minimum Gasteiger partial charge on any atom is -0.339 e. The minimum absolute atomic E-state index is 0.0359. The van der Waals surface area contributed by atoms with Crippen molar-refractivity contribution >= 4 is 44.3 Å². The average Bonchev–Trinajstić information content (AvgIpc) is 3.03. The Balaban J connectivity index is 2.14. The lowest BCUT2D eigenvalue weighted by atomic mass is 10.0. The highest BCUT2D eigenvalue weighted by Gasteiger charge is 2.17. The Kier molecular flexibility index (Phi) is 4.50. The van der Waals surface area contributed by atoms with Crippen LogP contribution in [-0.4, -0.2) is 33.5 Å². The number of carbonyl (C=O) groups is 1. The Morgan fingerprint density at radius 2 is 1.92 bits per heavy atom. The van der Waals surface area contributed by atoms with Crippen LogP contribution in [0.15, 0.2) is 47.5 Å². The molecule has 3 aromatic rings. The lowest BCUT2D eigenvalue weighted by Gasteiger charge is -2.13. The summed E-state index contributed by atoms with van der Waals surface area (Å²) in [6.07, 6.45) is 1.77. The van der Waals surface area contributed by atoms with Crippen molar-refractivity contribution < 1.29 is 9.72 Å². The van der Waals surface area contributed by atoms with Crippen LogP contribution in [-0.2, 0) is 0 Å². The lowest BCUT2D eigenvalue weighted by Crippen LogP contribution is -2.16. The van der Waals surface area contributed by atoms with Crippen molar-refractivity contribution in [1.82, 2.24) is 9.27 Å². The number of nitro benzene ring substituents is 1. The van der Waals surface area contributed by atoms with E-state index in [4.69, 9.17) is 0 Å². The third kappa shape index (κ3) is 3.10. The van der Waals surface area contributed by atoms with Gasteiger partial charge in [-0.1, -0.05) is 6.07 Å². The fourth-order valence-corrected chi connectivity index (χ4v) is 3.92. The van der Waals surface area contributed by atoms with Gasteiger partial charge in [0.05, 0.1) is 9.62 Å². The van der Waals surface area contributed by atoms with Gasteiger partial charge in [0.25, 0.3) is 10.9 Å². The molecule has 24 heavy (non-hydrogen) atoms. The van der Waals surface area contributed by atoms with Gasteiger partial charge in [-0.2, -0.15) is 4.37 Å². The quantitative estimate of drug-likeness (QED) is 0.387. The van der Waals surface area contributed by atoms with E-state index in [0.29, 0.717) is 0 Å². The van der Waals surface area contributed by atoms with Gasteiger partial charge < -0.3 is 4.90 Å². The molecule has 1 amide bonds. The Hall–Kier alpha value is -2.45. The number of hydrogen-bond donors (Lipinski definition) is 0. The summed E-state index contributed by atoms with van der Waals surface area (Å²) in [5.74, 6) is 0. The van der Waals surface area contributed by atoms with Crippen LogP contribution in [0.25, 0.3) is 21.2 Å². The molecule has 0 fully saturated rings. The van der Waals surface area contributed by atoms with Crippen LogP contribution in [0, 0.1) is 10.1 Å². The second-order valence-corrected chi connectivity index (χ2v) is 7.04. The van der Waals surface area contributed by atoms with Gasteiger partial charge in [-0.3, -0.25) is 14.9 Å². The van der Waals surface area contributed by atoms with Crippen molar-refractivity contribution in [3.8, 4) is 11.1 Å². The fraction of sp³-hybridized carbons (Fsp3) is 0.125. The number of aromatic nitrogens is 1. The zero-order valence-electron chi connectivity index (χ0n) is 12.9. The molecule has 0 saturated carbocycles. The number of thioether (sulfide) groups is 1. The van der Waals surface area contributed by atoms with Crippen LogP contribution in [0.5, 0.6) is 0 Å². The predicted octanol–water partition coefficient (Wildman–Crippen LogP) is 4.65. The van der Waals surface area contributed by atoms with E-state index in [0.717, 1.165) is 37.9 Å². The van der Waals surface area contributed by atoms with Gasteiger partial charge in [-0.25, -0.2) is 0 Å². The Labute approximate surface area is 146 Å². The zero-order valence-corrected chi connectivity index (χ0v) is 14.6. The third-order valence-electron chi connectivity index (χ3n) is 3.41. The van der Waals surface area contributed by atoms with Gasteiger partial charge in [-0.15, -0.1) is 0 Å². The molecule has 0 radical (unpaired) electrons. The van der Waals surface area contributed by atoms with E-state index in [1.165, 1.54) is 28.6 Å². The Morgan fingerprint density at radius 3 is 2.54 bits per heavy atom. The number of amides is 1. The van der Waals surface area contributed by atoms with E-state index in [-0.39, 0.29) is 10.9 Å². The van der Waals surface area contributed by atoms with Crippen molar-refractivity contribution in [2.24, 2.45) is 0 Å². The predicted molar refractivity (Wildman–Crippen MR) is 96.7 cm³/mol. The Bertz CT molecular complexity index is 920. The highest BCUT2D eigenvalue weighted by atomic mass is 32.2. The second kappa shape index (κ2) is 6.58. The topological polar surface area (TPSA) is 76.3 Å². The molecule has 0 saturated heterocycles. The minimum atomic E-state index is -0.428. The summed E-state index contributed by atoms with van der Waals surface area (Å²) in [6.45, 7) is 0. The van der Waals surface area contributed by atoms with Gasteiger partial charge in [0.15, 0.2) is 0 Å². The number of hydrogen-bond acceptors (Lipinski definition) is 6. The summed E-state index contributed by atoms with van der Waals surface area (Å²) < 4.78 is 5.18. The van der Waals surface area contributed by atoms with E-state index >= 15 is 0 Å². The van der Waals surface area contributed by atoms with Gasteiger partial charge in [0, 0.05) is 48.3 Å². The summed E-state index contributed by atoms with van der Waals surface area (Å²) >= 11 is 2.48. The first-order valence-corrected chi connectivity index (χ1v) is 8.57. The van der Waals surface area contributed by atoms with Crippen molar-refractivity contribution in [2.75, 3.05) is 14.1 Å². The van der Waals surface area contributed by atoms with E-state index in [1.54, 1.807) is 32.4 Å². The molecule has 3 rings (SSSR count). The van der Waals surface area contributed by atoms with Crippen LogP contribution in [0.3, 0.4) is 0 Å². The summed E-state index contributed by atoms with van der Waals surface area (Å²) in [5, 5.41) is 11.8. The molecule has 0 N–H and O–H groups in total. The number of fused-ring (bicyclic) bond motifs is 1. The molecule has 8 heteroatoms. The normalized spacial score (nSPS) is 10.8. The molecule has 0 unspecified atom stereocenters. The first kappa shape index (κ1) is 16.4. The monoisotopic (exact) mass is 359 g/mol. The molecule has 6 nitrogen and oxygen atoms in total. The van der Waals surface area contributed by atoms with Crippen LogP contribution < -0.4 is 0 Å². The zero-order chi connectivity index (χ0) is 17.3. The highest BCUT2D eigenvalue weighted by Crippen LogP contribution is 2.40. The third-order valence-corrected chi connectivity index (χ3v) is 5.35.